The van der Waals surface area contributed by atoms with Gasteiger partial charge in [0.25, 0.3) is 0 Å². The summed E-state index contributed by atoms with van der Waals surface area (Å²) in [6, 6.07) is 14.6. The van der Waals surface area contributed by atoms with Crippen LogP contribution in [0.2, 0.25) is 0 Å². The Morgan fingerprint density at radius 2 is 1.95 bits per heavy atom. The lowest BCUT2D eigenvalue weighted by molar-refractivity contribution is -0.126. The molecule has 3 N–H and O–H groups in total. The molecule has 0 aromatic heterocycles. The first-order valence-corrected chi connectivity index (χ1v) is 6.64. The summed E-state index contributed by atoms with van der Waals surface area (Å²) in [6.07, 6.45) is 0.704. The van der Waals surface area contributed by atoms with Gasteiger partial charge in [0.2, 0.25) is 12.3 Å². The second kappa shape index (κ2) is 5.28. The van der Waals surface area contributed by atoms with Gasteiger partial charge in [-0.3, -0.25) is 9.59 Å². The number of rotatable bonds is 2. The summed E-state index contributed by atoms with van der Waals surface area (Å²) in [5.41, 5.74) is 8.91. The molecule has 2 aromatic carbocycles. The molecule has 5 nitrogen and oxygen atoms in total. The van der Waals surface area contributed by atoms with Crippen LogP contribution in [0, 0.1) is 0 Å². The van der Waals surface area contributed by atoms with E-state index in [1.54, 1.807) is 18.2 Å². The highest BCUT2D eigenvalue weighted by molar-refractivity contribution is 5.95. The molecule has 21 heavy (non-hydrogen) atoms. The summed E-state index contributed by atoms with van der Waals surface area (Å²) in [4.78, 5) is 24.9. The van der Waals surface area contributed by atoms with Crippen LogP contribution in [-0.2, 0) is 9.59 Å². The van der Waals surface area contributed by atoms with E-state index in [4.69, 9.17) is 5.73 Å². The number of amides is 2. The van der Waals surface area contributed by atoms with Crippen LogP contribution in [0.4, 0.5) is 11.4 Å². The largest absolute Gasteiger partial charge is 0.399 e. The lowest BCUT2D eigenvalue weighted by atomic mass is 9.96. The minimum atomic E-state index is -0.332. The van der Waals surface area contributed by atoms with Crippen molar-refractivity contribution in [3.63, 3.8) is 0 Å². The maximum absolute atomic E-state index is 11.9. The number of benzene rings is 2. The van der Waals surface area contributed by atoms with Gasteiger partial charge in [0.1, 0.15) is 6.54 Å². The van der Waals surface area contributed by atoms with E-state index in [-0.39, 0.29) is 18.5 Å². The molecule has 0 bridgehead atoms. The van der Waals surface area contributed by atoms with E-state index >= 15 is 0 Å². The van der Waals surface area contributed by atoms with E-state index in [1.165, 1.54) is 4.90 Å². The zero-order valence-electron chi connectivity index (χ0n) is 11.3. The zero-order valence-corrected chi connectivity index (χ0v) is 11.3. The van der Waals surface area contributed by atoms with Gasteiger partial charge in [-0.25, -0.2) is 0 Å². The molecule has 106 valence electrons. The maximum atomic E-state index is 11.9. The number of nitrogens with one attached hydrogen (secondary N) is 1. The SMILES string of the molecule is Nc1ccc2c(c1)C(c1ccccc1)N(C=O)CC(=O)N2. The first-order valence-electron chi connectivity index (χ1n) is 6.64. The van der Waals surface area contributed by atoms with E-state index in [0.717, 1.165) is 11.1 Å². The van der Waals surface area contributed by atoms with Crippen molar-refractivity contribution in [2.24, 2.45) is 0 Å². The highest BCUT2D eigenvalue weighted by Gasteiger charge is 2.29. The van der Waals surface area contributed by atoms with Gasteiger partial charge in [-0.2, -0.15) is 0 Å². The van der Waals surface area contributed by atoms with Crippen LogP contribution in [0.1, 0.15) is 17.2 Å². The van der Waals surface area contributed by atoms with Gasteiger partial charge in [-0.05, 0) is 23.8 Å². The highest BCUT2D eigenvalue weighted by Crippen LogP contribution is 2.35. The lowest BCUT2D eigenvalue weighted by Crippen LogP contribution is -2.32. The van der Waals surface area contributed by atoms with E-state index < -0.39 is 0 Å². The minimum Gasteiger partial charge on any atom is -0.399 e. The molecule has 1 aliphatic heterocycles. The molecular formula is C16H15N3O2. The van der Waals surface area contributed by atoms with Gasteiger partial charge in [0, 0.05) is 16.9 Å². The minimum absolute atomic E-state index is 0.0116. The van der Waals surface area contributed by atoms with Crippen molar-refractivity contribution >= 4 is 23.7 Å². The molecule has 2 aromatic rings. The molecule has 3 rings (SSSR count). The van der Waals surface area contributed by atoms with Crippen molar-refractivity contribution in [1.82, 2.24) is 4.90 Å². The van der Waals surface area contributed by atoms with Gasteiger partial charge in [0.05, 0.1) is 6.04 Å². The summed E-state index contributed by atoms with van der Waals surface area (Å²) in [6.45, 7) is 0.0116. The predicted molar refractivity (Wildman–Crippen MR) is 80.5 cm³/mol. The Morgan fingerprint density at radius 3 is 2.67 bits per heavy atom. The molecule has 0 saturated carbocycles. The Balaban J connectivity index is 2.20. The van der Waals surface area contributed by atoms with E-state index in [1.807, 2.05) is 30.3 Å². The first-order chi connectivity index (χ1) is 10.2. The number of fused-ring (bicyclic) bond motifs is 1. The summed E-state index contributed by atoms with van der Waals surface area (Å²) in [5, 5.41) is 2.82. The van der Waals surface area contributed by atoms with Crippen LogP contribution < -0.4 is 11.1 Å². The standard InChI is InChI=1S/C16H15N3O2/c17-12-6-7-14-13(8-12)16(11-4-2-1-3-5-11)19(10-20)9-15(21)18-14/h1-8,10,16H,9,17H2,(H,18,21). The number of hydrogen-bond donors (Lipinski definition) is 2. The van der Waals surface area contributed by atoms with Crippen molar-refractivity contribution in [2.75, 3.05) is 17.6 Å². The van der Waals surface area contributed by atoms with Gasteiger partial charge in [-0.1, -0.05) is 30.3 Å². The van der Waals surface area contributed by atoms with E-state index in [2.05, 4.69) is 5.32 Å². The van der Waals surface area contributed by atoms with Crippen LogP contribution in [0.15, 0.2) is 48.5 Å². The predicted octanol–water partition coefficient (Wildman–Crippen LogP) is 1.77. The molecular weight excluding hydrogens is 266 g/mol. The maximum Gasteiger partial charge on any atom is 0.244 e. The second-order valence-electron chi connectivity index (χ2n) is 4.99. The Hall–Kier alpha value is -2.82. The van der Waals surface area contributed by atoms with Crippen molar-refractivity contribution in [3.8, 4) is 0 Å². The van der Waals surface area contributed by atoms with Crippen LogP contribution in [-0.4, -0.2) is 23.8 Å². The Labute approximate surface area is 122 Å². The average molecular weight is 281 g/mol. The van der Waals surface area contributed by atoms with Crippen molar-refractivity contribution in [3.05, 3.63) is 59.7 Å². The topological polar surface area (TPSA) is 75.4 Å². The van der Waals surface area contributed by atoms with Crippen LogP contribution >= 0.6 is 0 Å². The van der Waals surface area contributed by atoms with Crippen LogP contribution in [0.25, 0.3) is 0 Å². The zero-order chi connectivity index (χ0) is 14.8. The fourth-order valence-electron chi connectivity index (χ4n) is 2.65. The molecule has 1 unspecified atom stereocenters. The van der Waals surface area contributed by atoms with Crippen LogP contribution in [0.3, 0.4) is 0 Å². The Morgan fingerprint density at radius 1 is 1.19 bits per heavy atom. The highest BCUT2D eigenvalue weighted by atomic mass is 16.2. The van der Waals surface area contributed by atoms with Crippen molar-refractivity contribution < 1.29 is 9.59 Å². The smallest absolute Gasteiger partial charge is 0.244 e. The number of carbonyl (C=O) groups is 2. The van der Waals surface area contributed by atoms with Crippen molar-refractivity contribution in [2.45, 2.75) is 6.04 Å². The Kier molecular flexibility index (Phi) is 3.31. The molecule has 5 heteroatoms. The molecule has 1 aliphatic rings. The molecule has 0 fully saturated rings. The van der Waals surface area contributed by atoms with Crippen LogP contribution in [0.5, 0.6) is 0 Å². The molecule has 0 radical (unpaired) electrons. The number of anilines is 2. The third kappa shape index (κ3) is 2.45. The third-order valence-corrected chi connectivity index (χ3v) is 3.55. The molecule has 0 saturated heterocycles. The fraction of sp³-hybridized carbons (Fsp3) is 0.125. The number of nitrogens with two attached hydrogens (primary N) is 1. The van der Waals surface area contributed by atoms with Gasteiger partial charge < -0.3 is 16.0 Å². The molecule has 2 amide bonds. The summed E-state index contributed by atoms with van der Waals surface area (Å²) in [5.74, 6) is -0.216. The van der Waals surface area contributed by atoms with Gasteiger partial charge in [-0.15, -0.1) is 0 Å². The normalized spacial score (nSPS) is 17.6. The monoisotopic (exact) mass is 281 g/mol. The van der Waals surface area contributed by atoms with Gasteiger partial charge >= 0.3 is 0 Å². The average Bonchev–Trinajstić information content (AvgIpc) is 2.63. The number of nitrogen functional groups attached to an aromatic ring is 1. The molecule has 1 heterocycles. The molecule has 0 spiro atoms. The summed E-state index contributed by atoms with van der Waals surface area (Å²) >= 11 is 0. The number of carbonyl (C=O) groups excluding carboxylic acids is 2. The van der Waals surface area contributed by atoms with E-state index in [9.17, 15) is 9.59 Å². The number of hydrogen-bond acceptors (Lipinski definition) is 3. The third-order valence-electron chi connectivity index (χ3n) is 3.55. The van der Waals surface area contributed by atoms with Gasteiger partial charge in [0.15, 0.2) is 0 Å². The summed E-state index contributed by atoms with van der Waals surface area (Å²) < 4.78 is 0. The quantitative estimate of drug-likeness (QED) is 0.650. The first kappa shape index (κ1) is 13.2. The van der Waals surface area contributed by atoms with Crippen molar-refractivity contribution in [1.29, 1.82) is 0 Å². The second-order valence-corrected chi connectivity index (χ2v) is 4.99. The summed E-state index contributed by atoms with van der Waals surface area (Å²) in [7, 11) is 0. The fourth-order valence-corrected chi connectivity index (χ4v) is 2.65. The van der Waals surface area contributed by atoms with E-state index in [0.29, 0.717) is 17.8 Å². The number of nitrogens with zero attached hydrogens (tertiary/aromatic N) is 1. The Bertz CT molecular complexity index is 685. The molecule has 0 aliphatic carbocycles. The lowest BCUT2D eigenvalue weighted by Gasteiger charge is -2.27. The molecule has 1 atom stereocenters.